The number of ketones is 1. The number of hydrogen-bond donors (Lipinski definition) is 1. The summed E-state index contributed by atoms with van der Waals surface area (Å²) >= 11 is 1.24. The van der Waals surface area contributed by atoms with E-state index in [1.54, 1.807) is 0 Å². The summed E-state index contributed by atoms with van der Waals surface area (Å²) in [6.45, 7) is 3.50. The molecule has 1 heterocycles. The topological polar surface area (TPSA) is 95.4 Å². The van der Waals surface area contributed by atoms with Gasteiger partial charge in [-0.2, -0.15) is 5.26 Å². The molecule has 0 aliphatic rings. The zero-order valence-corrected chi connectivity index (χ0v) is 17.1. The second-order valence-electron chi connectivity index (χ2n) is 6.74. The zero-order chi connectivity index (χ0) is 20.8. The van der Waals surface area contributed by atoms with Crippen molar-refractivity contribution in [3.63, 3.8) is 0 Å². The van der Waals surface area contributed by atoms with Crippen molar-refractivity contribution in [2.24, 2.45) is 5.92 Å². The van der Waals surface area contributed by atoms with Crippen molar-refractivity contribution in [1.82, 2.24) is 14.8 Å². The number of thioether (sulfide) groups is 1. The molecular formula is C22H21N5OS. The third-order valence-electron chi connectivity index (χ3n) is 4.39. The Morgan fingerprint density at radius 3 is 2.62 bits per heavy atom. The van der Waals surface area contributed by atoms with Crippen LogP contribution in [0.25, 0.3) is 5.69 Å². The van der Waals surface area contributed by atoms with Gasteiger partial charge in [0.2, 0.25) is 0 Å². The van der Waals surface area contributed by atoms with Crippen LogP contribution in [0.1, 0.15) is 23.9 Å². The molecule has 1 atom stereocenters. The van der Waals surface area contributed by atoms with Crippen LogP contribution in [0.4, 0.5) is 0 Å². The summed E-state index contributed by atoms with van der Waals surface area (Å²) < 4.78 is 1.95. The summed E-state index contributed by atoms with van der Waals surface area (Å²) in [5.74, 6) is -0.476. The molecule has 1 N–H and O–H groups in total. The minimum atomic E-state index is -1.01. The molecule has 0 radical (unpaired) electrons. The van der Waals surface area contributed by atoms with Gasteiger partial charge >= 0.3 is 0 Å². The highest BCUT2D eigenvalue weighted by Gasteiger charge is 2.22. The van der Waals surface area contributed by atoms with Crippen LogP contribution in [0.2, 0.25) is 0 Å². The summed E-state index contributed by atoms with van der Waals surface area (Å²) in [6.07, 6.45) is 0.608. The third kappa shape index (κ3) is 4.98. The number of Topliss-reactive ketones (excluding diaryl/α,β-unsaturated/α-hetero) is 1. The van der Waals surface area contributed by atoms with Gasteiger partial charge in [-0.3, -0.25) is 9.36 Å². The molecule has 2 aromatic carbocycles. The molecule has 146 valence electrons. The summed E-state index contributed by atoms with van der Waals surface area (Å²) in [6, 6.07) is 19.9. The molecule has 3 aromatic rings. The first-order chi connectivity index (χ1) is 14.0. The van der Waals surface area contributed by atoms with Gasteiger partial charge in [0.25, 0.3) is 0 Å². The molecule has 0 bridgehead atoms. The molecule has 0 saturated carbocycles. The lowest BCUT2D eigenvalue weighted by atomic mass is 10.0. The Labute approximate surface area is 174 Å². The lowest BCUT2D eigenvalue weighted by Crippen LogP contribution is -2.21. The highest BCUT2D eigenvalue weighted by Crippen LogP contribution is 2.25. The first-order valence-electron chi connectivity index (χ1n) is 9.15. The van der Waals surface area contributed by atoms with Gasteiger partial charge in [-0.25, -0.2) is 0 Å². The van der Waals surface area contributed by atoms with Crippen molar-refractivity contribution >= 4 is 23.3 Å². The number of nitrogens with zero attached hydrogens (tertiary/aromatic N) is 4. The number of aromatic nitrogens is 3. The first-order valence-corrected chi connectivity index (χ1v) is 10.1. The van der Waals surface area contributed by atoms with Crippen molar-refractivity contribution in [3.05, 3.63) is 71.5 Å². The van der Waals surface area contributed by atoms with Crippen LogP contribution in [0.3, 0.4) is 0 Å². The Morgan fingerprint density at radius 1 is 1.21 bits per heavy atom. The van der Waals surface area contributed by atoms with Crippen LogP contribution in [-0.2, 0) is 11.2 Å². The molecule has 7 heteroatoms. The van der Waals surface area contributed by atoms with Crippen LogP contribution >= 0.6 is 11.8 Å². The van der Waals surface area contributed by atoms with Crippen LogP contribution in [-0.4, -0.2) is 32.0 Å². The average molecular weight is 404 g/mol. The predicted octanol–water partition coefficient (Wildman–Crippen LogP) is 4.01. The second-order valence-corrected chi connectivity index (χ2v) is 7.68. The molecule has 0 aliphatic heterocycles. The fraction of sp³-hybridized carbons (Fsp3) is 0.227. The molecule has 0 saturated heterocycles. The largest absolute Gasteiger partial charge is 0.308 e. The fourth-order valence-corrected chi connectivity index (χ4v) is 3.82. The number of benzene rings is 2. The monoisotopic (exact) mass is 403 g/mol. The average Bonchev–Trinajstić information content (AvgIpc) is 3.10. The Kier molecular flexibility index (Phi) is 6.57. The molecule has 1 aromatic heterocycles. The number of carbonyl (C=O) groups is 1. The maximum atomic E-state index is 12.3. The van der Waals surface area contributed by atoms with Crippen molar-refractivity contribution in [1.29, 1.82) is 10.7 Å². The smallest absolute Gasteiger partial charge is 0.196 e. The number of hydrogen-bond acceptors (Lipinski definition) is 6. The highest BCUT2D eigenvalue weighted by molar-refractivity contribution is 7.99. The molecule has 0 fully saturated rings. The van der Waals surface area contributed by atoms with Crippen molar-refractivity contribution < 1.29 is 4.79 Å². The number of rotatable bonds is 8. The summed E-state index contributed by atoms with van der Waals surface area (Å²) in [5, 5.41) is 26.0. The van der Waals surface area contributed by atoms with Crippen molar-refractivity contribution in [2.75, 3.05) is 5.75 Å². The normalized spacial score (nSPS) is 11.6. The van der Waals surface area contributed by atoms with E-state index in [9.17, 15) is 4.79 Å². The molecular weight excluding hydrogens is 382 g/mol. The lowest BCUT2D eigenvalue weighted by molar-refractivity contribution is -0.117. The molecule has 6 nitrogen and oxygen atoms in total. The number of nitriles is 1. The van der Waals surface area contributed by atoms with E-state index in [1.165, 1.54) is 18.7 Å². The van der Waals surface area contributed by atoms with Crippen LogP contribution < -0.4 is 0 Å². The maximum Gasteiger partial charge on any atom is 0.196 e. The van der Waals surface area contributed by atoms with Crippen LogP contribution in [0, 0.1) is 29.6 Å². The minimum absolute atomic E-state index is 0.0583. The van der Waals surface area contributed by atoms with E-state index in [0.29, 0.717) is 11.6 Å². The Balaban J connectivity index is 1.92. The van der Waals surface area contributed by atoms with Gasteiger partial charge in [-0.05, 0) is 37.1 Å². The first kappa shape index (κ1) is 20.5. The van der Waals surface area contributed by atoms with E-state index in [0.717, 1.165) is 22.6 Å². The lowest BCUT2D eigenvalue weighted by Gasteiger charge is -2.11. The molecule has 29 heavy (non-hydrogen) atoms. The number of carbonyl (C=O) groups excluding carboxylic acids is 1. The van der Waals surface area contributed by atoms with Crippen LogP contribution in [0.15, 0.2) is 59.8 Å². The third-order valence-corrected chi connectivity index (χ3v) is 5.34. The number of aryl methyl sites for hydroxylation is 1. The van der Waals surface area contributed by atoms with Gasteiger partial charge in [0, 0.05) is 17.8 Å². The zero-order valence-electron chi connectivity index (χ0n) is 16.3. The van der Waals surface area contributed by atoms with E-state index in [1.807, 2.05) is 72.2 Å². The minimum Gasteiger partial charge on any atom is -0.308 e. The Hall–Kier alpha value is -3.24. The van der Waals surface area contributed by atoms with Gasteiger partial charge < -0.3 is 5.41 Å². The van der Waals surface area contributed by atoms with E-state index in [-0.39, 0.29) is 17.2 Å². The number of nitrogens with one attached hydrogen (secondary N) is 1. The molecule has 0 spiro atoms. The van der Waals surface area contributed by atoms with E-state index < -0.39 is 5.92 Å². The van der Waals surface area contributed by atoms with Crippen molar-refractivity contribution in [3.8, 4) is 11.8 Å². The van der Waals surface area contributed by atoms with E-state index in [4.69, 9.17) is 10.7 Å². The van der Waals surface area contributed by atoms with Crippen molar-refractivity contribution in [2.45, 2.75) is 25.4 Å². The summed E-state index contributed by atoms with van der Waals surface area (Å²) in [5.41, 5.74) is 3.21. The molecule has 0 aliphatic carbocycles. The maximum absolute atomic E-state index is 12.3. The molecule has 0 unspecified atom stereocenters. The molecule has 0 amide bonds. The quantitative estimate of drug-likeness (QED) is 0.453. The SMILES string of the molecule is CC(=N)[C@@H](C#N)C(=O)CSc1nnc(Cc2ccccc2)n1-c1cccc(C)c1. The predicted molar refractivity (Wildman–Crippen MR) is 114 cm³/mol. The van der Waals surface area contributed by atoms with Gasteiger partial charge in [0.05, 0.1) is 11.8 Å². The van der Waals surface area contributed by atoms with Crippen LogP contribution in [0.5, 0.6) is 0 Å². The van der Waals surface area contributed by atoms with E-state index >= 15 is 0 Å². The summed E-state index contributed by atoms with van der Waals surface area (Å²) in [7, 11) is 0. The van der Waals surface area contributed by atoms with Gasteiger partial charge in [-0.15, -0.1) is 10.2 Å². The molecule has 3 rings (SSSR count). The van der Waals surface area contributed by atoms with Gasteiger partial charge in [-0.1, -0.05) is 54.2 Å². The standard InChI is InChI=1S/C22H21N5OS/c1-15-7-6-10-18(11-15)27-21(12-17-8-4-3-5-9-17)25-26-22(27)29-14-20(28)19(13-23)16(2)24/h3-11,19,24H,12,14H2,1-2H3/t19-/m1/s1. The van der Waals surface area contributed by atoms with Gasteiger partial charge in [0.15, 0.2) is 10.9 Å². The highest BCUT2D eigenvalue weighted by atomic mass is 32.2. The Morgan fingerprint density at radius 2 is 1.97 bits per heavy atom. The van der Waals surface area contributed by atoms with E-state index in [2.05, 4.69) is 10.2 Å². The Bertz CT molecular complexity index is 1070. The fourth-order valence-electron chi connectivity index (χ4n) is 2.94. The van der Waals surface area contributed by atoms with Gasteiger partial charge in [0.1, 0.15) is 11.7 Å². The second kappa shape index (κ2) is 9.30. The summed E-state index contributed by atoms with van der Waals surface area (Å²) in [4.78, 5) is 12.3.